The van der Waals surface area contributed by atoms with Crippen LogP contribution in [0.25, 0.3) is 0 Å². The van der Waals surface area contributed by atoms with E-state index in [-0.39, 0.29) is 45.8 Å². The Balaban J connectivity index is 6.42. The third kappa shape index (κ3) is 23.9. The molecule has 0 saturated carbocycles. The van der Waals surface area contributed by atoms with Gasteiger partial charge in [0.25, 0.3) is 0 Å². The molecule has 0 bridgehead atoms. The molecular weight excluding hydrogens is 628 g/mol. The highest BCUT2D eigenvalue weighted by atomic mass is 16.6. The first kappa shape index (κ1) is 44.7. The summed E-state index contributed by atoms with van der Waals surface area (Å²) < 4.78 is 22.0. The lowest BCUT2D eigenvalue weighted by atomic mass is 10.1. The molecule has 0 aliphatic carbocycles. The number of esters is 4. The molecule has 0 saturated heterocycles. The Bertz CT molecular complexity index is 1070. The average Bonchev–Trinajstić information content (AvgIpc) is 2.81. The second-order valence-electron chi connectivity index (χ2n) is 15.7. The van der Waals surface area contributed by atoms with Crippen LogP contribution in [0.4, 0.5) is 0 Å². The standard InChI is InChI=1S/C33H60N4O11/c1-30(2,3)45-26(41)20-35(13)14-16-37(23(29(44)48-33(10,11)12)18-24(38)34-19-25(39)40)17-15-36(21-27(42)46-31(4,5)6)22-28(43)47-32(7,8)9/h23H,14-22H2,1-13H3,(H,34,38)(H,39,40)/t23-/m0/s1. The van der Waals surface area contributed by atoms with Crippen LogP contribution in [0, 0.1) is 0 Å². The van der Waals surface area contributed by atoms with Crippen LogP contribution in [-0.4, -0.2) is 143 Å². The molecule has 0 aliphatic rings. The summed E-state index contributed by atoms with van der Waals surface area (Å²) in [6.07, 6.45) is -0.434. The molecule has 1 amide bonds. The van der Waals surface area contributed by atoms with Gasteiger partial charge in [-0.25, -0.2) is 0 Å². The van der Waals surface area contributed by atoms with E-state index >= 15 is 0 Å². The minimum atomic E-state index is -1.25. The molecule has 0 spiro atoms. The summed E-state index contributed by atoms with van der Waals surface area (Å²) in [6.45, 7) is 19.9. The maximum Gasteiger partial charge on any atom is 0.324 e. The smallest absolute Gasteiger partial charge is 0.324 e. The van der Waals surface area contributed by atoms with Crippen LogP contribution in [0.2, 0.25) is 0 Å². The van der Waals surface area contributed by atoms with Crippen LogP contribution in [0.15, 0.2) is 0 Å². The molecule has 15 nitrogen and oxygen atoms in total. The van der Waals surface area contributed by atoms with Crippen LogP contribution in [0.1, 0.15) is 89.5 Å². The second kappa shape index (κ2) is 19.0. The van der Waals surface area contributed by atoms with Gasteiger partial charge in [-0.15, -0.1) is 0 Å². The van der Waals surface area contributed by atoms with Crippen LogP contribution in [0.3, 0.4) is 0 Å². The van der Waals surface area contributed by atoms with Gasteiger partial charge in [0, 0.05) is 26.2 Å². The summed E-state index contributed by atoms with van der Waals surface area (Å²) in [4.78, 5) is 80.4. The molecule has 0 heterocycles. The molecular formula is C33H60N4O11. The third-order valence-electron chi connectivity index (χ3n) is 5.77. The SMILES string of the molecule is CN(CCN(CCN(CC(=O)OC(C)(C)C)CC(=O)OC(C)(C)C)[C@@H](CC(=O)NCC(=O)O)C(=O)OC(C)(C)C)CC(=O)OC(C)(C)C. The summed E-state index contributed by atoms with van der Waals surface area (Å²) in [5, 5.41) is 11.3. The molecule has 0 unspecified atom stereocenters. The molecule has 0 aliphatic heterocycles. The fourth-order valence-corrected chi connectivity index (χ4v) is 4.15. The molecule has 2 N–H and O–H groups in total. The van der Waals surface area contributed by atoms with Crippen molar-refractivity contribution in [2.75, 3.05) is 59.4 Å². The number of carboxylic acids is 1. The first-order valence-electron chi connectivity index (χ1n) is 16.1. The van der Waals surface area contributed by atoms with Gasteiger partial charge < -0.3 is 29.4 Å². The monoisotopic (exact) mass is 688 g/mol. The Morgan fingerprint density at radius 3 is 1.40 bits per heavy atom. The minimum Gasteiger partial charge on any atom is -0.480 e. The first-order valence-corrected chi connectivity index (χ1v) is 16.1. The lowest BCUT2D eigenvalue weighted by molar-refractivity contribution is -0.164. The minimum absolute atomic E-state index is 0.0509. The van der Waals surface area contributed by atoms with E-state index in [9.17, 15) is 28.8 Å². The van der Waals surface area contributed by atoms with E-state index in [1.165, 1.54) is 4.90 Å². The number of likely N-dealkylation sites (N-methyl/N-ethyl adjacent to an activating group) is 1. The fourth-order valence-electron chi connectivity index (χ4n) is 4.15. The van der Waals surface area contributed by atoms with Gasteiger partial charge in [0.05, 0.1) is 26.1 Å². The molecule has 0 aromatic rings. The van der Waals surface area contributed by atoms with Crippen molar-refractivity contribution >= 4 is 35.8 Å². The van der Waals surface area contributed by atoms with Gasteiger partial charge in [-0.2, -0.15) is 0 Å². The molecule has 15 heteroatoms. The average molecular weight is 689 g/mol. The highest BCUT2D eigenvalue weighted by molar-refractivity contribution is 5.87. The normalized spacial score (nSPS) is 13.2. The van der Waals surface area contributed by atoms with Crippen molar-refractivity contribution in [1.29, 1.82) is 0 Å². The number of aliphatic carboxylic acids is 1. The number of nitrogens with zero attached hydrogens (tertiary/aromatic N) is 3. The molecule has 0 rings (SSSR count). The Labute approximate surface area is 285 Å². The highest BCUT2D eigenvalue weighted by Crippen LogP contribution is 2.16. The van der Waals surface area contributed by atoms with Gasteiger partial charge in [0.2, 0.25) is 5.91 Å². The second-order valence-corrected chi connectivity index (χ2v) is 15.7. The molecule has 0 aromatic carbocycles. The van der Waals surface area contributed by atoms with Crippen molar-refractivity contribution < 1.29 is 52.8 Å². The van der Waals surface area contributed by atoms with Crippen LogP contribution < -0.4 is 5.32 Å². The van der Waals surface area contributed by atoms with Crippen molar-refractivity contribution in [3.63, 3.8) is 0 Å². The Hall–Kier alpha value is -3.30. The quantitative estimate of drug-likeness (QED) is 0.157. The summed E-state index contributed by atoms with van der Waals surface area (Å²) in [6, 6.07) is -1.18. The van der Waals surface area contributed by atoms with Crippen molar-refractivity contribution in [3.8, 4) is 0 Å². The predicted molar refractivity (Wildman–Crippen MR) is 178 cm³/mol. The number of amides is 1. The van der Waals surface area contributed by atoms with Gasteiger partial charge in [-0.1, -0.05) is 0 Å². The zero-order valence-corrected chi connectivity index (χ0v) is 31.3. The number of carbonyl (C=O) groups excluding carboxylic acids is 5. The van der Waals surface area contributed by atoms with E-state index in [0.29, 0.717) is 0 Å². The van der Waals surface area contributed by atoms with Crippen LogP contribution >= 0.6 is 0 Å². The van der Waals surface area contributed by atoms with Gasteiger partial charge in [-0.3, -0.25) is 43.5 Å². The molecule has 0 radical (unpaired) electrons. The number of hydrogen-bond acceptors (Lipinski definition) is 13. The number of carboxylic acid groups (broad SMARTS) is 1. The van der Waals surface area contributed by atoms with Crippen molar-refractivity contribution in [2.45, 2.75) is 118 Å². The van der Waals surface area contributed by atoms with E-state index in [1.807, 2.05) is 0 Å². The lowest BCUT2D eigenvalue weighted by Gasteiger charge is -2.35. The summed E-state index contributed by atoms with van der Waals surface area (Å²) in [5.41, 5.74) is -3.14. The maximum absolute atomic E-state index is 13.6. The summed E-state index contributed by atoms with van der Waals surface area (Å²) in [7, 11) is 1.70. The van der Waals surface area contributed by atoms with E-state index in [4.69, 9.17) is 24.1 Å². The number of ether oxygens (including phenoxy) is 4. The van der Waals surface area contributed by atoms with Crippen molar-refractivity contribution in [2.24, 2.45) is 0 Å². The molecule has 0 aromatic heterocycles. The van der Waals surface area contributed by atoms with Gasteiger partial charge in [0.15, 0.2) is 0 Å². The summed E-state index contributed by atoms with van der Waals surface area (Å²) >= 11 is 0. The summed E-state index contributed by atoms with van der Waals surface area (Å²) in [5.74, 6) is -4.28. The molecule has 278 valence electrons. The number of carbonyl (C=O) groups is 6. The van der Waals surface area contributed by atoms with Gasteiger partial charge in [0.1, 0.15) is 35.0 Å². The predicted octanol–water partition coefficient (Wildman–Crippen LogP) is 1.85. The first-order chi connectivity index (χ1) is 21.5. The number of hydrogen-bond donors (Lipinski definition) is 2. The van der Waals surface area contributed by atoms with Crippen molar-refractivity contribution in [1.82, 2.24) is 20.0 Å². The zero-order valence-electron chi connectivity index (χ0n) is 31.3. The zero-order chi connectivity index (χ0) is 37.7. The molecule has 48 heavy (non-hydrogen) atoms. The van der Waals surface area contributed by atoms with E-state index in [2.05, 4.69) is 5.32 Å². The topological polar surface area (TPSA) is 181 Å². The highest BCUT2D eigenvalue weighted by Gasteiger charge is 2.34. The largest absolute Gasteiger partial charge is 0.480 e. The molecule has 0 fully saturated rings. The van der Waals surface area contributed by atoms with E-state index in [0.717, 1.165) is 0 Å². The fraction of sp³-hybridized carbons (Fsp3) is 0.818. The van der Waals surface area contributed by atoms with Crippen molar-refractivity contribution in [3.05, 3.63) is 0 Å². The maximum atomic E-state index is 13.6. The number of nitrogens with one attached hydrogen (secondary N) is 1. The third-order valence-corrected chi connectivity index (χ3v) is 5.77. The number of rotatable bonds is 18. The van der Waals surface area contributed by atoms with Gasteiger partial charge >= 0.3 is 29.8 Å². The van der Waals surface area contributed by atoms with Crippen LogP contribution in [-0.2, 0) is 47.7 Å². The molecule has 1 atom stereocenters. The Morgan fingerprint density at radius 2 is 1.00 bits per heavy atom. The Morgan fingerprint density at radius 1 is 0.604 bits per heavy atom. The lowest BCUT2D eigenvalue weighted by Crippen LogP contribution is -2.52. The Kier molecular flexibility index (Phi) is 17.7. The van der Waals surface area contributed by atoms with Gasteiger partial charge in [-0.05, 0) is 90.1 Å². The van der Waals surface area contributed by atoms with E-state index < -0.39 is 77.2 Å². The van der Waals surface area contributed by atoms with Crippen LogP contribution in [0.5, 0.6) is 0 Å². The van der Waals surface area contributed by atoms with E-state index in [1.54, 1.807) is 99.9 Å².